The van der Waals surface area contributed by atoms with Crippen LogP contribution in [0.1, 0.15) is 27.4 Å². The normalized spacial score (nSPS) is 18.6. The summed E-state index contributed by atoms with van der Waals surface area (Å²) >= 11 is 10.0. The van der Waals surface area contributed by atoms with Gasteiger partial charge in [-0.05, 0) is 29.3 Å². The second kappa shape index (κ2) is 10.8. The molecule has 0 bridgehead atoms. The van der Waals surface area contributed by atoms with Crippen LogP contribution in [0.3, 0.4) is 0 Å². The fraction of sp³-hybridized carbons (Fsp3) is 0.222. The highest BCUT2D eigenvalue weighted by atomic mass is 35.5. The molecule has 42 heavy (non-hydrogen) atoms. The predicted molar refractivity (Wildman–Crippen MR) is 138 cm³/mol. The average molecular weight is 659 g/mol. The maximum absolute atomic E-state index is 15.4. The molecule has 0 fully saturated rings. The topological polar surface area (TPSA) is 60.4 Å². The van der Waals surface area contributed by atoms with Gasteiger partial charge >= 0.3 is 22.5 Å². The van der Waals surface area contributed by atoms with Crippen molar-refractivity contribution in [2.75, 3.05) is 0 Å². The monoisotopic (exact) mass is 658 g/mol. The minimum Gasteiger partial charge on any atom is -0.480 e. The predicted octanol–water partition coefficient (Wildman–Crippen LogP) is 8.18. The first-order valence-electron chi connectivity index (χ1n) is 11.6. The maximum Gasteiger partial charge on any atom is 0.417 e. The first kappa shape index (κ1) is 31.8. The van der Waals surface area contributed by atoms with Crippen molar-refractivity contribution in [3.63, 3.8) is 0 Å². The summed E-state index contributed by atoms with van der Waals surface area (Å²) < 4.78 is 147. The zero-order valence-electron chi connectivity index (χ0n) is 20.6. The van der Waals surface area contributed by atoms with Crippen molar-refractivity contribution in [1.82, 2.24) is 0 Å². The number of sulfone groups is 1. The van der Waals surface area contributed by atoms with Crippen molar-refractivity contribution < 1.29 is 53.1 Å². The fourth-order valence-corrected chi connectivity index (χ4v) is 6.35. The second-order valence-corrected chi connectivity index (χ2v) is 11.9. The zero-order valence-corrected chi connectivity index (χ0v) is 22.9. The summed E-state index contributed by atoms with van der Waals surface area (Å²) in [6.45, 7) is 0. The lowest BCUT2D eigenvalue weighted by Crippen LogP contribution is -2.63. The molecule has 3 aromatic carbocycles. The van der Waals surface area contributed by atoms with Crippen LogP contribution in [0.25, 0.3) is 5.76 Å². The molecule has 0 saturated carbocycles. The molecule has 1 aliphatic rings. The van der Waals surface area contributed by atoms with Crippen LogP contribution < -0.4 is 0 Å². The largest absolute Gasteiger partial charge is 0.480 e. The number of carbonyl (C=O) groups is 1. The van der Waals surface area contributed by atoms with Gasteiger partial charge in [-0.2, -0.15) is 35.1 Å². The first-order chi connectivity index (χ1) is 19.4. The number of carbonyl (C=O) groups excluding carboxylic acids is 1. The van der Waals surface area contributed by atoms with Crippen LogP contribution in [0.15, 0.2) is 89.8 Å². The van der Waals surface area contributed by atoms with Gasteiger partial charge in [0.1, 0.15) is 10.7 Å². The molecule has 1 aliphatic heterocycles. The Morgan fingerprint density at radius 3 is 1.83 bits per heavy atom. The second-order valence-electron chi connectivity index (χ2n) is 9.03. The summed E-state index contributed by atoms with van der Waals surface area (Å²) in [5, 5.41) is -13.3. The van der Waals surface area contributed by atoms with Gasteiger partial charge in [-0.1, -0.05) is 84.4 Å². The number of hydrogen-bond acceptors (Lipinski definition) is 4. The summed E-state index contributed by atoms with van der Waals surface area (Å²) in [7, 11) is -7.09. The summed E-state index contributed by atoms with van der Waals surface area (Å²) in [4.78, 5) is 11.8. The van der Waals surface area contributed by atoms with Gasteiger partial charge in [0, 0.05) is 16.1 Å². The van der Waals surface area contributed by atoms with Crippen LogP contribution >= 0.6 is 23.2 Å². The van der Waals surface area contributed by atoms with Gasteiger partial charge in [0.05, 0.1) is 5.92 Å². The Hall–Kier alpha value is -3.16. The molecule has 1 heterocycles. The lowest BCUT2D eigenvalue weighted by atomic mass is 9.89. The van der Waals surface area contributed by atoms with Crippen LogP contribution in [-0.2, 0) is 14.6 Å². The van der Waals surface area contributed by atoms with Crippen LogP contribution in [0.4, 0.5) is 35.1 Å². The molecule has 4 nitrogen and oxygen atoms in total. The first-order valence-corrected chi connectivity index (χ1v) is 13.9. The van der Waals surface area contributed by atoms with Gasteiger partial charge in [-0.25, -0.2) is 8.42 Å². The van der Waals surface area contributed by atoms with Crippen LogP contribution in [0.2, 0.25) is 5.02 Å². The smallest absolute Gasteiger partial charge is 0.417 e. The van der Waals surface area contributed by atoms with E-state index >= 15 is 8.78 Å². The highest BCUT2D eigenvalue weighted by molar-refractivity contribution is 7.96. The molecular formula is C27H16Cl2F8O4S. The van der Waals surface area contributed by atoms with Crippen molar-refractivity contribution in [1.29, 1.82) is 0 Å². The third-order valence-corrected chi connectivity index (χ3v) is 8.78. The quantitative estimate of drug-likeness (QED) is 0.132. The summed E-state index contributed by atoms with van der Waals surface area (Å²) in [5.74, 6) is -18.6. The van der Waals surface area contributed by atoms with Gasteiger partial charge in [-0.3, -0.25) is 4.79 Å². The summed E-state index contributed by atoms with van der Waals surface area (Å²) in [6.07, 6.45) is -2.04. The number of halogens is 10. The van der Waals surface area contributed by atoms with E-state index in [1.165, 1.54) is 60.7 Å². The lowest BCUT2D eigenvalue weighted by molar-refractivity contribution is -0.326. The number of alkyl halides is 9. The van der Waals surface area contributed by atoms with Gasteiger partial charge in [0.25, 0.3) is 9.84 Å². The van der Waals surface area contributed by atoms with Gasteiger partial charge in [0.2, 0.25) is 5.78 Å². The fourth-order valence-electron chi connectivity index (χ4n) is 4.29. The number of Topliss-reactive ketones (excluding diaryl/α,β-unsaturated/α-hetero) is 1. The highest BCUT2D eigenvalue weighted by Crippen LogP contribution is 2.59. The molecule has 0 N–H and O–H groups in total. The molecule has 2 atom stereocenters. The Morgan fingerprint density at radius 1 is 0.762 bits per heavy atom. The minimum atomic E-state index is -7.26. The van der Waals surface area contributed by atoms with E-state index in [1.807, 2.05) is 0 Å². The number of benzene rings is 3. The Morgan fingerprint density at radius 2 is 1.31 bits per heavy atom. The number of ether oxygens (including phenoxy) is 1. The Bertz CT molecular complexity index is 1630. The van der Waals surface area contributed by atoms with Crippen molar-refractivity contribution >= 4 is 44.6 Å². The standard InChI is InChI=1S/C27H16Cl2F8O4S/c28-18-13-7-12-17(14-18)19-22(20(38)15-8-3-1-4-9-15)41-21(16-10-5-2-6-11-16)23(19)42(39,40)27(36,37)25(32,33)24(30,31)26(29,34)35/h1-14,19,22H/t19-,22+/m0/s1. The summed E-state index contributed by atoms with van der Waals surface area (Å²) in [6, 6.07) is 17.6. The molecule has 0 aliphatic carbocycles. The van der Waals surface area contributed by atoms with Gasteiger partial charge < -0.3 is 4.74 Å². The molecule has 224 valence electrons. The molecule has 0 radical (unpaired) electrons. The molecule has 0 amide bonds. The Labute approximate surface area is 243 Å². The van der Waals surface area contributed by atoms with E-state index in [9.17, 15) is 39.6 Å². The molecule has 0 unspecified atom stereocenters. The van der Waals surface area contributed by atoms with Crippen LogP contribution in [0.5, 0.6) is 0 Å². The van der Waals surface area contributed by atoms with E-state index < -0.39 is 60.8 Å². The van der Waals surface area contributed by atoms with E-state index in [0.29, 0.717) is 0 Å². The Balaban J connectivity index is 2.05. The lowest BCUT2D eigenvalue weighted by Gasteiger charge is -2.34. The van der Waals surface area contributed by atoms with Crippen molar-refractivity contribution in [3.05, 3.63) is 112 Å². The molecule has 0 spiro atoms. The zero-order chi connectivity index (χ0) is 31.3. The number of rotatable bonds is 9. The van der Waals surface area contributed by atoms with Crippen molar-refractivity contribution in [2.24, 2.45) is 0 Å². The third-order valence-electron chi connectivity index (χ3n) is 6.36. The highest BCUT2D eigenvalue weighted by Gasteiger charge is 2.85. The van der Waals surface area contributed by atoms with E-state index in [1.54, 1.807) is 0 Å². The minimum absolute atomic E-state index is 0.117. The van der Waals surface area contributed by atoms with Crippen LogP contribution in [0, 0.1) is 0 Å². The van der Waals surface area contributed by atoms with Gasteiger partial charge in [0.15, 0.2) is 6.10 Å². The molecule has 3 aromatic rings. The van der Waals surface area contributed by atoms with E-state index in [0.717, 1.165) is 24.3 Å². The van der Waals surface area contributed by atoms with E-state index in [2.05, 4.69) is 11.6 Å². The molecule has 15 heteroatoms. The molecule has 0 aromatic heterocycles. The van der Waals surface area contributed by atoms with Crippen LogP contribution in [-0.4, -0.2) is 42.8 Å². The third kappa shape index (κ3) is 5.05. The van der Waals surface area contributed by atoms with Crippen molar-refractivity contribution in [2.45, 2.75) is 34.5 Å². The molecular weight excluding hydrogens is 643 g/mol. The summed E-state index contributed by atoms with van der Waals surface area (Å²) in [5.41, 5.74) is -0.777. The number of hydrogen-bond donors (Lipinski definition) is 0. The van der Waals surface area contributed by atoms with E-state index in [-0.39, 0.29) is 21.7 Å². The van der Waals surface area contributed by atoms with Crippen molar-refractivity contribution in [3.8, 4) is 0 Å². The molecule has 4 rings (SSSR count). The molecule has 0 saturated heterocycles. The SMILES string of the molecule is O=C(c1ccccc1)[C@@H]1OC(c2ccccc2)=C(S(=O)(=O)C(F)(F)C(F)(F)C(F)(F)C(F)(F)Cl)[C@H]1c1cccc(Cl)c1. The maximum atomic E-state index is 15.4. The average Bonchev–Trinajstić information content (AvgIpc) is 3.34. The van der Waals surface area contributed by atoms with Gasteiger partial charge in [-0.15, -0.1) is 0 Å². The Kier molecular flexibility index (Phi) is 8.20. The van der Waals surface area contributed by atoms with E-state index in [4.69, 9.17) is 16.3 Å². The number of ketones is 1.